The number of carbonyl (C=O) groups excluding carboxylic acids is 2. The van der Waals surface area contributed by atoms with Gasteiger partial charge in [0.25, 0.3) is 0 Å². The molecular weight excluding hydrogens is 885 g/mol. The largest absolute Gasteiger partial charge is 0.479 e. The topological polar surface area (TPSA) is 169 Å². The van der Waals surface area contributed by atoms with E-state index in [1.54, 1.807) is 0 Å². The van der Waals surface area contributed by atoms with Crippen molar-refractivity contribution in [3.8, 4) is 0 Å². The summed E-state index contributed by atoms with van der Waals surface area (Å²) in [7, 11) is 0. The maximum atomic E-state index is 12.9. The molecule has 1 aliphatic rings. The molecule has 0 aliphatic carbocycles. The second kappa shape index (κ2) is 48.9. The number of carbonyl (C=O) groups is 3. The van der Waals surface area contributed by atoms with Gasteiger partial charge in [-0.25, -0.2) is 4.79 Å². The Morgan fingerprint density at radius 2 is 0.800 bits per heavy atom. The molecule has 0 radical (unpaired) electrons. The van der Waals surface area contributed by atoms with Crippen LogP contribution in [-0.2, 0) is 33.3 Å². The van der Waals surface area contributed by atoms with Gasteiger partial charge >= 0.3 is 17.9 Å². The van der Waals surface area contributed by atoms with Gasteiger partial charge in [-0.15, -0.1) is 0 Å². The van der Waals surface area contributed by atoms with Gasteiger partial charge in [0.1, 0.15) is 24.9 Å². The summed E-state index contributed by atoms with van der Waals surface area (Å²) < 4.78 is 21.9. The van der Waals surface area contributed by atoms with Crippen molar-refractivity contribution < 1.29 is 53.8 Å². The predicted molar refractivity (Wildman–Crippen MR) is 285 cm³/mol. The SMILES string of the molecule is CCCCCCC/C=C\C/C=C\CCCCCCCCCCCC(=O)OCC(COC1OC(C(=O)O)C(O)C(O)C1O)OC(=O)CCCCCCCCCCCCCCCCCCCCCCCCC. The zero-order chi connectivity index (χ0) is 51.0. The second-order valence-corrected chi connectivity index (χ2v) is 20.5. The van der Waals surface area contributed by atoms with E-state index in [4.69, 9.17) is 18.9 Å². The first-order chi connectivity index (χ1) is 34.2. The molecule has 6 unspecified atom stereocenters. The Labute approximate surface area is 428 Å². The average Bonchev–Trinajstić information content (AvgIpc) is 3.35. The summed E-state index contributed by atoms with van der Waals surface area (Å²) in [5, 5.41) is 40.1. The van der Waals surface area contributed by atoms with Crippen LogP contribution < -0.4 is 0 Å². The summed E-state index contributed by atoms with van der Waals surface area (Å²) >= 11 is 0. The summed E-state index contributed by atoms with van der Waals surface area (Å²) in [6.45, 7) is 3.86. The molecule has 70 heavy (non-hydrogen) atoms. The highest BCUT2D eigenvalue weighted by Crippen LogP contribution is 2.23. The van der Waals surface area contributed by atoms with Crippen LogP contribution in [0.25, 0.3) is 0 Å². The highest BCUT2D eigenvalue weighted by molar-refractivity contribution is 5.73. The van der Waals surface area contributed by atoms with E-state index in [-0.39, 0.29) is 26.1 Å². The molecule has 0 bridgehead atoms. The Hall–Kier alpha value is -2.31. The van der Waals surface area contributed by atoms with Gasteiger partial charge in [-0.3, -0.25) is 9.59 Å². The lowest BCUT2D eigenvalue weighted by atomic mass is 9.99. The van der Waals surface area contributed by atoms with Gasteiger partial charge in [0.2, 0.25) is 0 Å². The van der Waals surface area contributed by atoms with Gasteiger partial charge in [-0.05, 0) is 44.9 Å². The lowest BCUT2D eigenvalue weighted by molar-refractivity contribution is -0.298. The third-order valence-electron chi connectivity index (χ3n) is 13.8. The van der Waals surface area contributed by atoms with E-state index in [9.17, 15) is 34.8 Å². The van der Waals surface area contributed by atoms with Crippen LogP contribution in [0.3, 0.4) is 0 Å². The van der Waals surface area contributed by atoms with Crippen LogP contribution in [0.5, 0.6) is 0 Å². The van der Waals surface area contributed by atoms with Crippen molar-refractivity contribution >= 4 is 17.9 Å². The van der Waals surface area contributed by atoms with E-state index in [1.807, 2.05) is 0 Å². The molecule has 0 aromatic rings. The molecule has 11 heteroatoms. The number of ether oxygens (including phenoxy) is 4. The van der Waals surface area contributed by atoms with Crippen LogP contribution in [0, 0.1) is 0 Å². The lowest BCUT2D eigenvalue weighted by Gasteiger charge is -2.38. The smallest absolute Gasteiger partial charge is 0.335 e. The number of hydrogen-bond donors (Lipinski definition) is 4. The first-order valence-electron chi connectivity index (χ1n) is 29.4. The minimum atomic E-state index is -1.86. The molecule has 0 saturated carbocycles. The Balaban J connectivity index is 2.22. The zero-order valence-corrected chi connectivity index (χ0v) is 45.0. The zero-order valence-electron chi connectivity index (χ0n) is 45.0. The van der Waals surface area contributed by atoms with Gasteiger partial charge in [0.05, 0.1) is 6.61 Å². The molecule has 11 nitrogen and oxygen atoms in total. The summed E-state index contributed by atoms with van der Waals surface area (Å²) in [6.07, 6.45) is 49.5. The maximum Gasteiger partial charge on any atom is 0.335 e. The highest BCUT2D eigenvalue weighted by Gasteiger charge is 2.47. The number of aliphatic hydroxyl groups is 3. The predicted octanol–water partition coefficient (Wildman–Crippen LogP) is 14.9. The van der Waals surface area contributed by atoms with Gasteiger partial charge in [-0.1, -0.05) is 250 Å². The van der Waals surface area contributed by atoms with Crippen LogP contribution in [0.1, 0.15) is 284 Å². The number of rotatable bonds is 51. The van der Waals surface area contributed by atoms with Crippen molar-refractivity contribution in [3.63, 3.8) is 0 Å². The number of unbranched alkanes of at least 4 members (excludes halogenated alkanes) is 36. The maximum absolute atomic E-state index is 12.9. The van der Waals surface area contributed by atoms with Crippen molar-refractivity contribution in [2.45, 2.75) is 320 Å². The molecule has 1 aliphatic heterocycles. The van der Waals surface area contributed by atoms with Crippen LogP contribution in [0.2, 0.25) is 0 Å². The summed E-state index contributed by atoms with van der Waals surface area (Å²) in [4.78, 5) is 37.1. The van der Waals surface area contributed by atoms with Crippen molar-refractivity contribution in [2.24, 2.45) is 0 Å². The fourth-order valence-electron chi connectivity index (χ4n) is 9.21. The third kappa shape index (κ3) is 39.2. The van der Waals surface area contributed by atoms with Crippen molar-refractivity contribution in [2.75, 3.05) is 13.2 Å². The first-order valence-corrected chi connectivity index (χ1v) is 29.4. The Kier molecular flexibility index (Phi) is 45.9. The third-order valence-corrected chi connectivity index (χ3v) is 13.8. The molecule has 0 amide bonds. The van der Waals surface area contributed by atoms with E-state index in [2.05, 4.69) is 38.2 Å². The number of esters is 2. The van der Waals surface area contributed by atoms with Crippen molar-refractivity contribution in [1.82, 2.24) is 0 Å². The Morgan fingerprint density at radius 3 is 1.19 bits per heavy atom. The fourth-order valence-corrected chi connectivity index (χ4v) is 9.21. The Bertz CT molecular complexity index is 1260. The number of hydrogen-bond acceptors (Lipinski definition) is 10. The number of carboxylic acid groups (broad SMARTS) is 1. The molecule has 0 aromatic carbocycles. The standard InChI is InChI=1S/C59H108O11/c1-3-5-7-9-11-13-15-17-19-21-23-25-26-28-30-32-34-36-38-40-42-44-46-48-53(61)69-51(50-68-59-56(64)54(62)55(63)57(70-59)58(65)66)49-67-52(60)47-45-43-41-39-37-35-33-31-29-27-24-22-20-18-16-14-12-10-8-6-4-2/h16,18,22,24,51,54-57,59,62-64H,3-15,17,19-21,23,25-50H2,1-2H3,(H,65,66)/b18-16-,24-22-. The van der Waals surface area contributed by atoms with Crippen molar-refractivity contribution in [1.29, 1.82) is 0 Å². The number of carboxylic acids is 1. The highest BCUT2D eigenvalue weighted by atomic mass is 16.7. The molecular formula is C59H108O11. The van der Waals surface area contributed by atoms with E-state index >= 15 is 0 Å². The van der Waals surface area contributed by atoms with Crippen molar-refractivity contribution in [3.05, 3.63) is 24.3 Å². The minimum Gasteiger partial charge on any atom is -0.479 e. The van der Waals surface area contributed by atoms with E-state index < -0.39 is 54.7 Å². The Morgan fingerprint density at radius 1 is 0.443 bits per heavy atom. The van der Waals surface area contributed by atoms with Gasteiger partial charge in [-0.2, -0.15) is 0 Å². The first kappa shape index (κ1) is 65.7. The number of aliphatic hydroxyl groups excluding tert-OH is 3. The molecule has 6 atom stereocenters. The number of allylic oxidation sites excluding steroid dienone is 4. The number of aliphatic carboxylic acids is 1. The van der Waals surface area contributed by atoms with Gasteiger partial charge < -0.3 is 39.4 Å². The molecule has 1 fully saturated rings. The molecule has 1 saturated heterocycles. The molecule has 0 spiro atoms. The summed E-state index contributed by atoms with van der Waals surface area (Å²) in [5.74, 6) is -2.43. The molecule has 4 N–H and O–H groups in total. The normalized spacial score (nSPS) is 18.8. The molecule has 0 aromatic heterocycles. The summed E-state index contributed by atoms with van der Waals surface area (Å²) in [5.41, 5.74) is 0. The lowest BCUT2D eigenvalue weighted by Crippen LogP contribution is -2.60. The minimum absolute atomic E-state index is 0.187. The monoisotopic (exact) mass is 993 g/mol. The van der Waals surface area contributed by atoms with Gasteiger partial charge in [0.15, 0.2) is 18.5 Å². The molecule has 410 valence electrons. The quantitative estimate of drug-likeness (QED) is 0.0260. The van der Waals surface area contributed by atoms with Crippen LogP contribution >= 0.6 is 0 Å². The summed E-state index contributed by atoms with van der Waals surface area (Å²) in [6, 6.07) is 0. The van der Waals surface area contributed by atoms with E-state index in [1.165, 1.54) is 193 Å². The second-order valence-electron chi connectivity index (χ2n) is 20.5. The van der Waals surface area contributed by atoms with E-state index in [0.717, 1.165) is 51.4 Å². The average molecular weight is 994 g/mol. The van der Waals surface area contributed by atoms with Crippen LogP contribution in [0.4, 0.5) is 0 Å². The van der Waals surface area contributed by atoms with Gasteiger partial charge in [0, 0.05) is 12.8 Å². The van der Waals surface area contributed by atoms with Crippen LogP contribution in [0.15, 0.2) is 24.3 Å². The molecule has 1 rings (SSSR count). The van der Waals surface area contributed by atoms with E-state index in [0.29, 0.717) is 12.8 Å². The fraction of sp³-hybridized carbons (Fsp3) is 0.881. The van der Waals surface area contributed by atoms with Crippen LogP contribution in [-0.4, -0.2) is 88.4 Å². The molecule has 1 heterocycles.